The number of aliphatic imine (C=N–C) groups is 1. The van der Waals surface area contributed by atoms with Crippen LogP contribution in [-0.4, -0.2) is 57.4 Å². The van der Waals surface area contributed by atoms with E-state index in [1.54, 1.807) is 32.3 Å². The van der Waals surface area contributed by atoms with Gasteiger partial charge < -0.3 is 20.5 Å². The number of allylic oxidation sites excluding steroid dienone is 2. The molecule has 37 heavy (non-hydrogen) atoms. The van der Waals surface area contributed by atoms with Gasteiger partial charge >= 0.3 is 0 Å². The summed E-state index contributed by atoms with van der Waals surface area (Å²) < 4.78 is 29.7. The summed E-state index contributed by atoms with van der Waals surface area (Å²) in [6, 6.07) is 4.71. The Bertz CT molecular complexity index is 1040. The van der Waals surface area contributed by atoms with E-state index in [1.165, 1.54) is 23.5 Å². The molecule has 1 aromatic carbocycles. The van der Waals surface area contributed by atoms with Gasteiger partial charge in [-0.25, -0.2) is 8.42 Å². The van der Waals surface area contributed by atoms with Crippen LogP contribution in [0.4, 0.5) is 5.69 Å². The van der Waals surface area contributed by atoms with E-state index in [4.69, 9.17) is 10.5 Å². The molecule has 208 valence electrons. The summed E-state index contributed by atoms with van der Waals surface area (Å²) in [7, 11) is -0.0858. The fourth-order valence-electron chi connectivity index (χ4n) is 2.18. The minimum atomic E-state index is -3.32. The molecule has 0 aromatic heterocycles. The Balaban J connectivity index is -0.000000513. The van der Waals surface area contributed by atoms with Crippen LogP contribution in [0.5, 0.6) is 5.75 Å². The van der Waals surface area contributed by atoms with E-state index in [-0.39, 0.29) is 29.5 Å². The second kappa shape index (κ2) is 21.6. The monoisotopic (exact) mass is 536 g/mol. The number of hydrogen-bond acceptors (Lipinski definition) is 7. The molecule has 0 radical (unpaired) electrons. The Morgan fingerprint density at radius 3 is 2.19 bits per heavy atom. The van der Waals surface area contributed by atoms with Crippen molar-refractivity contribution in [3.8, 4) is 18.6 Å². The van der Waals surface area contributed by atoms with E-state index >= 15 is 0 Å². The predicted octanol–water partition coefficient (Wildman–Crippen LogP) is 4.70. The molecular formula is C27H44N4O5S. The fraction of sp³-hybridized carbons (Fsp3) is 0.407. The number of carbonyl (C=O) groups excluding carboxylic acids is 1. The molecule has 1 aliphatic heterocycles. The molecule has 1 aliphatic rings. The van der Waals surface area contributed by atoms with Crippen LogP contribution in [0.2, 0.25) is 0 Å². The maximum absolute atomic E-state index is 11.4. The Hall–Kier alpha value is -3.71. The van der Waals surface area contributed by atoms with Gasteiger partial charge in [-0.05, 0) is 38.1 Å². The van der Waals surface area contributed by atoms with Crippen molar-refractivity contribution in [2.24, 2.45) is 4.99 Å². The number of rotatable bonds is 6. The van der Waals surface area contributed by atoms with Crippen molar-refractivity contribution in [2.75, 3.05) is 33.0 Å². The lowest BCUT2D eigenvalue weighted by Gasteiger charge is -2.11. The third-order valence-electron chi connectivity index (χ3n) is 3.50. The molecule has 2 rings (SSSR count). The van der Waals surface area contributed by atoms with Crippen molar-refractivity contribution < 1.29 is 23.1 Å². The number of anilines is 1. The zero-order valence-corrected chi connectivity index (χ0v) is 24.2. The molecule has 0 spiro atoms. The number of hydrogen-bond donors (Lipinski definition) is 3. The normalized spacial score (nSPS) is 13.5. The summed E-state index contributed by atoms with van der Waals surface area (Å²) in [6.07, 6.45) is 12.4. The van der Waals surface area contributed by atoms with Gasteiger partial charge in [-0.2, -0.15) is 0 Å². The summed E-state index contributed by atoms with van der Waals surface area (Å²) in [5, 5.41) is 10.5. The van der Waals surface area contributed by atoms with Crippen LogP contribution in [0.25, 0.3) is 0 Å². The molecule has 0 saturated heterocycles. The number of amides is 1. The number of benzene rings is 1. The SMILES string of the molecule is C#C.C=C(C)/C=C(/CN=C1C=CS(=O)(=O)N1)OCC.CC.CCC.CN(C)C(=O)c1cccc(N)c1O. The molecule has 0 aliphatic carbocycles. The highest BCUT2D eigenvalue weighted by molar-refractivity contribution is 7.93. The number of aromatic hydroxyl groups is 1. The topological polar surface area (TPSA) is 134 Å². The average molecular weight is 537 g/mol. The fourth-order valence-corrected chi connectivity index (χ4v) is 2.98. The van der Waals surface area contributed by atoms with E-state index < -0.39 is 10.0 Å². The Morgan fingerprint density at radius 1 is 1.24 bits per heavy atom. The minimum Gasteiger partial charge on any atom is -0.505 e. The van der Waals surface area contributed by atoms with Crippen molar-refractivity contribution in [2.45, 2.75) is 48.0 Å². The highest BCUT2D eigenvalue weighted by Gasteiger charge is 2.15. The Morgan fingerprint density at radius 2 is 1.78 bits per heavy atom. The number of para-hydroxylation sites is 1. The van der Waals surface area contributed by atoms with E-state index in [2.05, 4.69) is 43.0 Å². The predicted molar refractivity (Wildman–Crippen MR) is 156 cm³/mol. The number of nitrogens with two attached hydrogens (primary N) is 1. The number of carbonyl (C=O) groups is 1. The molecule has 0 unspecified atom stereocenters. The van der Waals surface area contributed by atoms with Gasteiger partial charge in [0.05, 0.1) is 29.8 Å². The highest BCUT2D eigenvalue weighted by Crippen LogP contribution is 2.24. The van der Waals surface area contributed by atoms with E-state index in [1.807, 2.05) is 27.7 Å². The van der Waals surface area contributed by atoms with E-state index in [0.29, 0.717) is 18.2 Å². The molecule has 1 aromatic rings. The van der Waals surface area contributed by atoms with Crippen molar-refractivity contribution >= 4 is 27.5 Å². The van der Waals surface area contributed by atoms with Crippen molar-refractivity contribution in [1.82, 2.24) is 9.62 Å². The molecule has 0 bridgehead atoms. The maximum Gasteiger partial charge on any atom is 0.257 e. The smallest absolute Gasteiger partial charge is 0.257 e. The summed E-state index contributed by atoms with van der Waals surface area (Å²) in [6.45, 7) is 16.5. The highest BCUT2D eigenvalue weighted by atomic mass is 32.2. The minimum absolute atomic E-state index is 0.152. The van der Waals surface area contributed by atoms with Gasteiger partial charge in [-0.1, -0.05) is 52.3 Å². The molecule has 0 saturated carbocycles. The van der Waals surface area contributed by atoms with Crippen LogP contribution >= 0.6 is 0 Å². The van der Waals surface area contributed by atoms with E-state index in [9.17, 15) is 18.3 Å². The second-order valence-corrected chi connectivity index (χ2v) is 8.76. The first-order chi connectivity index (χ1) is 17.4. The number of amidine groups is 1. The van der Waals surface area contributed by atoms with Crippen molar-refractivity contribution in [1.29, 1.82) is 0 Å². The van der Waals surface area contributed by atoms with Gasteiger partial charge in [0, 0.05) is 14.1 Å². The van der Waals surface area contributed by atoms with Crippen LogP contribution in [-0.2, 0) is 14.8 Å². The standard InChI is InChI=1S/C11H16N2O3S.C9H12N2O2.C3H8.C2H6.C2H2/c1-4-16-10(7-9(2)3)8-12-11-5-6-17(14,15)13-11;1-11(2)9(13)6-4-3-5-7(10)8(6)12;1-3-2;2*1-2/h5-7H,2,4,8H2,1,3H3,(H,12,13);3-5,12H,10H2,1-2H3;3H2,1-2H3;1-2H3;1-2H/b10-7-;;;;. The van der Waals surface area contributed by atoms with Crippen molar-refractivity contribution in [3.05, 3.63) is 59.2 Å². The second-order valence-electron chi connectivity index (χ2n) is 7.19. The van der Waals surface area contributed by atoms with Gasteiger partial charge in [-0.15, -0.1) is 12.8 Å². The molecule has 1 heterocycles. The van der Waals surface area contributed by atoms with Crippen LogP contribution in [0.3, 0.4) is 0 Å². The first-order valence-corrected chi connectivity index (χ1v) is 13.3. The van der Waals surface area contributed by atoms with Gasteiger partial charge in [0.2, 0.25) is 0 Å². The largest absolute Gasteiger partial charge is 0.505 e. The molecule has 0 fully saturated rings. The zero-order chi connectivity index (χ0) is 29.6. The van der Waals surface area contributed by atoms with Gasteiger partial charge in [0.15, 0.2) is 5.75 Å². The lowest BCUT2D eigenvalue weighted by atomic mass is 10.1. The Labute approximate surface area is 223 Å². The average Bonchev–Trinajstić information content (AvgIpc) is 3.20. The maximum atomic E-state index is 11.4. The lowest BCUT2D eigenvalue weighted by Crippen LogP contribution is -2.21. The molecule has 0 atom stereocenters. The summed E-state index contributed by atoms with van der Waals surface area (Å²) in [5.41, 5.74) is 6.74. The zero-order valence-electron chi connectivity index (χ0n) is 23.4. The number of terminal acetylenes is 1. The number of nitrogen functional groups attached to an aromatic ring is 1. The van der Waals surface area contributed by atoms with Crippen LogP contribution in [0.15, 0.2) is 58.7 Å². The molecule has 9 nitrogen and oxygen atoms in total. The number of phenols is 1. The van der Waals surface area contributed by atoms with Crippen molar-refractivity contribution in [3.63, 3.8) is 0 Å². The van der Waals surface area contributed by atoms with E-state index in [0.717, 1.165) is 11.0 Å². The van der Waals surface area contributed by atoms with Gasteiger partial charge in [0.1, 0.15) is 11.6 Å². The number of nitrogens with one attached hydrogen (secondary N) is 1. The first-order valence-electron chi connectivity index (χ1n) is 11.7. The summed E-state index contributed by atoms with van der Waals surface area (Å²) in [4.78, 5) is 16.9. The molecule has 10 heteroatoms. The molecular weight excluding hydrogens is 492 g/mol. The van der Waals surface area contributed by atoms with Crippen LogP contribution in [0.1, 0.15) is 58.3 Å². The third kappa shape index (κ3) is 17.4. The molecule has 1 amide bonds. The van der Waals surface area contributed by atoms with Gasteiger partial charge in [0.25, 0.3) is 15.9 Å². The first kappa shape index (κ1) is 37.8. The van der Waals surface area contributed by atoms with Crippen LogP contribution < -0.4 is 10.5 Å². The van der Waals surface area contributed by atoms with Crippen LogP contribution in [0, 0.1) is 12.8 Å². The van der Waals surface area contributed by atoms with Gasteiger partial charge in [-0.3, -0.25) is 14.5 Å². The Kier molecular flexibility index (Phi) is 22.0. The molecule has 4 N–H and O–H groups in total. The number of sulfonamides is 1. The lowest BCUT2D eigenvalue weighted by molar-refractivity contribution is 0.0824. The number of ether oxygens (including phenoxy) is 1. The summed E-state index contributed by atoms with van der Waals surface area (Å²) in [5.74, 6) is 0.565. The summed E-state index contributed by atoms with van der Waals surface area (Å²) >= 11 is 0. The quantitative estimate of drug-likeness (QED) is 0.159. The third-order valence-corrected chi connectivity index (χ3v) is 4.49. The number of phenolic OH excluding ortho intramolecular Hbond substituents is 1. The number of nitrogens with zero attached hydrogens (tertiary/aromatic N) is 2.